The first-order valence-electron chi connectivity index (χ1n) is 14.6. The number of aromatic nitrogens is 2. The number of benzene rings is 1. The Kier molecular flexibility index (Phi) is 9.99. The van der Waals surface area contributed by atoms with Gasteiger partial charge in [0.1, 0.15) is 30.6 Å². The number of carbonyl (C=O) groups excluding carboxylic acids is 4. The van der Waals surface area contributed by atoms with E-state index in [2.05, 4.69) is 20.5 Å². The van der Waals surface area contributed by atoms with Gasteiger partial charge >= 0.3 is 12.1 Å². The predicted octanol–water partition coefficient (Wildman–Crippen LogP) is 4.44. The molecule has 0 spiro atoms. The molecule has 14 heteroatoms. The Labute approximate surface area is 252 Å². The normalized spacial score (nSPS) is 16.4. The second kappa shape index (κ2) is 13.3. The summed E-state index contributed by atoms with van der Waals surface area (Å²) in [5, 5.41) is 9.64. The van der Waals surface area contributed by atoms with E-state index in [1.54, 1.807) is 10.7 Å². The molecule has 2 aliphatic carbocycles. The highest BCUT2D eigenvalue weighted by Gasteiger charge is 2.48. The molecule has 1 aromatic carbocycles. The van der Waals surface area contributed by atoms with Crippen molar-refractivity contribution in [3.8, 4) is 0 Å². The molecule has 2 saturated carbocycles. The summed E-state index contributed by atoms with van der Waals surface area (Å²) in [6, 6.07) is 4.03. The lowest BCUT2D eigenvalue weighted by atomic mass is 9.88. The Morgan fingerprint density at radius 2 is 1.70 bits per heavy atom. The Balaban J connectivity index is 1.52. The van der Waals surface area contributed by atoms with Gasteiger partial charge in [0, 0.05) is 12.2 Å². The summed E-state index contributed by atoms with van der Waals surface area (Å²) >= 11 is 0. The maximum Gasteiger partial charge on any atom is 0.406 e. The zero-order valence-corrected chi connectivity index (χ0v) is 25.0. The number of esters is 1. The lowest BCUT2D eigenvalue weighted by Gasteiger charge is -2.28. The number of ether oxygens (including phenoxy) is 1. The van der Waals surface area contributed by atoms with Crippen molar-refractivity contribution >= 4 is 29.4 Å². The molecule has 2 aromatic rings. The lowest BCUT2D eigenvalue weighted by Crippen LogP contribution is -2.50. The van der Waals surface area contributed by atoms with E-state index in [-0.39, 0.29) is 35.0 Å². The minimum atomic E-state index is -4.78. The number of hydrogen-bond donors (Lipinski definition) is 2. The first kappa shape index (κ1) is 32.9. The van der Waals surface area contributed by atoms with Gasteiger partial charge in [0.2, 0.25) is 11.8 Å². The average molecular weight is 624 g/mol. The van der Waals surface area contributed by atoms with Crippen LogP contribution >= 0.6 is 0 Å². The van der Waals surface area contributed by atoms with Gasteiger partial charge in [-0.25, -0.2) is 4.39 Å². The Morgan fingerprint density at radius 1 is 1.07 bits per heavy atom. The van der Waals surface area contributed by atoms with Crippen LogP contribution in [0.1, 0.15) is 74.5 Å². The molecule has 3 amide bonds. The van der Waals surface area contributed by atoms with Crippen LogP contribution in [0.15, 0.2) is 30.5 Å². The summed E-state index contributed by atoms with van der Waals surface area (Å²) in [5.41, 5.74) is 0.129. The standard InChI is InChI=1S/C30H37F4N5O5/c1-16(2)39-23(11-12-35-39)27(41)37-26(25(18-5-6-18)19-7-8-19)28(42)36-22-10-9-20(13-21(22)31)17(3)29(43)38(14-24(40)44-4)15-30(32,33)34/h9-13,16-19,25-26H,5-8,14-15H2,1-4H3,(H,36,42)(H,37,41). The second-order valence-electron chi connectivity index (χ2n) is 11.8. The highest BCUT2D eigenvalue weighted by molar-refractivity contribution is 6.01. The van der Waals surface area contributed by atoms with E-state index >= 15 is 4.39 Å². The summed E-state index contributed by atoms with van der Waals surface area (Å²) in [7, 11) is 0.985. The fourth-order valence-corrected chi connectivity index (χ4v) is 5.53. The first-order chi connectivity index (χ1) is 20.7. The van der Waals surface area contributed by atoms with Crippen LogP contribution in [-0.4, -0.2) is 70.8 Å². The van der Waals surface area contributed by atoms with Crippen LogP contribution in [0.3, 0.4) is 0 Å². The van der Waals surface area contributed by atoms with E-state index in [4.69, 9.17) is 0 Å². The van der Waals surface area contributed by atoms with Crippen molar-refractivity contribution in [2.45, 2.75) is 70.6 Å². The third-order valence-electron chi connectivity index (χ3n) is 8.03. The Bertz CT molecular complexity index is 1370. The molecule has 2 fully saturated rings. The van der Waals surface area contributed by atoms with E-state index in [0.29, 0.717) is 10.6 Å². The maximum absolute atomic E-state index is 15.3. The van der Waals surface area contributed by atoms with E-state index in [1.807, 2.05) is 13.8 Å². The molecule has 2 N–H and O–H groups in total. The summed E-state index contributed by atoms with van der Waals surface area (Å²) in [4.78, 5) is 51.8. The number of hydrogen-bond acceptors (Lipinski definition) is 6. The molecule has 10 nitrogen and oxygen atoms in total. The van der Waals surface area contributed by atoms with Crippen LogP contribution in [0.4, 0.5) is 23.2 Å². The third-order valence-corrected chi connectivity index (χ3v) is 8.03. The van der Waals surface area contributed by atoms with Gasteiger partial charge in [-0.3, -0.25) is 23.9 Å². The van der Waals surface area contributed by atoms with Crippen LogP contribution in [-0.2, 0) is 19.1 Å². The zero-order chi connectivity index (χ0) is 32.3. The smallest absolute Gasteiger partial charge is 0.406 e. The van der Waals surface area contributed by atoms with Gasteiger partial charge in [0.05, 0.1) is 18.7 Å². The fourth-order valence-electron chi connectivity index (χ4n) is 5.53. The second-order valence-corrected chi connectivity index (χ2v) is 11.8. The van der Waals surface area contributed by atoms with E-state index in [0.717, 1.165) is 38.9 Å². The predicted molar refractivity (Wildman–Crippen MR) is 151 cm³/mol. The van der Waals surface area contributed by atoms with Gasteiger partial charge in [0.25, 0.3) is 5.91 Å². The molecule has 2 aliphatic rings. The number of anilines is 1. The van der Waals surface area contributed by atoms with Crippen molar-refractivity contribution in [1.29, 1.82) is 0 Å². The lowest BCUT2D eigenvalue weighted by molar-refractivity contribution is -0.167. The average Bonchev–Trinajstić information content (AvgIpc) is 3.90. The number of alkyl halides is 3. The van der Waals surface area contributed by atoms with E-state index < -0.39 is 60.7 Å². The molecule has 44 heavy (non-hydrogen) atoms. The number of amides is 3. The molecule has 0 bridgehead atoms. The first-order valence-corrected chi connectivity index (χ1v) is 14.6. The number of methoxy groups -OCH3 is 1. The SMILES string of the molecule is COC(=O)CN(CC(F)(F)F)C(=O)C(C)c1ccc(NC(=O)C(NC(=O)c2ccnn2C(C)C)C(C2CC2)C2CC2)c(F)c1. The van der Waals surface area contributed by atoms with Crippen molar-refractivity contribution < 1.29 is 41.5 Å². The van der Waals surface area contributed by atoms with Gasteiger partial charge in [-0.15, -0.1) is 0 Å². The molecule has 2 atom stereocenters. The fraction of sp³-hybridized carbons (Fsp3) is 0.567. The number of carbonyl (C=O) groups is 4. The molecule has 1 heterocycles. The summed E-state index contributed by atoms with van der Waals surface area (Å²) in [6.07, 6.45) is 0.454. The monoisotopic (exact) mass is 623 g/mol. The van der Waals surface area contributed by atoms with Gasteiger partial charge in [-0.05, 0) is 88.0 Å². The number of nitrogens with one attached hydrogen (secondary N) is 2. The quantitative estimate of drug-likeness (QED) is 0.251. The highest BCUT2D eigenvalue weighted by atomic mass is 19.4. The topological polar surface area (TPSA) is 123 Å². The van der Waals surface area contributed by atoms with Crippen molar-refractivity contribution in [2.24, 2.45) is 17.8 Å². The summed E-state index contributed by atoms with van der Waals surface area (Å²) < 4.78 is 60.5. The molecule has 1 aromatic heterocycles. The van der Waals surface area contributed by atoms with Crippen LogP contribution in [0.25, 0.3) is 0 Å². The van der Waals surface area contributed by atoms with Crippen LogP contribution in [0, 0.1) is 23.6 Å². The number of nitrogens with zero attached hydrogens (tertiary/aromatic N) is 3. The highest BCUT2D eigenvalue weighted by Crippen LogP contribution is 2.51. The van der Waals surface area contributed by atoms with Crippen LogP contribution < -0.4 is 10.6 Å². The minimum Gasteiger partial charge on any atom is -0.468 e. The molecular weight excluding hydrogens is 586 g/mol. The molecule has 240 valence electrons. The minimum absolute atomic E-state index is 0.0446. The molecule has 2 unspecified atom stereocenters. The molecule has 0 saturated heterocycles. The third kappa shape index (κ3) is 8.14. The van der Waals surface area contributed by atoms with Gasteiger partial charge in [-0.1, -0.05) is 6.07 Å². The summed E-state index contributed by atoms with van der Waals surface area (Å²) in [5.74, 6) is -4.91. The van der Waals surface area contributed by atoms with Crippen LogP contribution in [0.5, 0.6) is 0 Å². The molecule has 0 aliphatic heterocycles. The Morgan fingerprint density at radius 3 is 2.23 bits per heavy atom. The maximum atomic E-state index is 15.3. The Hall–Kier alpha value is -3.97. The van der Waals surface area contributed by atoms with Crippen molar-refractivity contribution in [2.75, 3.05) is 25.5 Å². The molecule has 0 radical (unpaired) electrons. The van der Waals surface area contributed by atoms with Crippen molar-refractivity contribution in [3.05, 3.63) is 47.5 Å². The number of rotatable bonds is 13. The molecule has 4 rings (SSSR count). The summed E-state index contributed by atoms with van der Waals surface area (Å²) in [6.45, 7) is 2.43. The van der Waals surface area contributed by atoms with Crippen LogP contribution in [0.2, 0.25) is 0 Å². The zero-order valence-electron chi connectivity index (χ0n) is 25.0. The van der Waals surface area contributed by atoms with E-state index in [9.17, 15) is 32.3 Å². The van der Waals surface area contributed by atoms with Gasteiger partial charge in [-0.2, -0.15) is 18.3 Å². The van der Waals surface area contributed by atoms with Gasteiger partial charge in [0.15, 0.2) is 0 Å². The van der Waals surface area contributed by atoms with Crippen molar-refractivity contribution in [3.63, 3.8) is 0 Å². The largest absolute Gasteiger partial charge is 0.468 e. The van der Waals surface area contributed by atoms with E-state index in [1.165, 1.54) is 25.3 Å². The molecular formula is C30H37F4N5O5. The van der Waals surface area contributed by atoms with Crippen molar-refractivity contribution in [1.82, 2.24) is 20.0 Å². The number of halogens is 4. The van der Waals surface area contributed by atoms with Gasteiger partial charge < -0.3 is 20.3 Å².